The first-order valence-electron chi connectivity index (χ1n) is 9.72. The molecule has 8 heteroatoms. The van der Waals surface area contributed by atoms with Gasteiger partial charge in [-0.2, -0.15) is 10.2 Å². The molecule has 30 heavy (non-hydrogen) atoms. The maximum Gasteiger partial charge on any atom is 0.0568 e. The highest BCUT2D eigenvalue weighted by Gasteiger charge is 2.05. The molecule has 2 aromatic rings. The zero-order valence-electron chi connectivity index (χ0n) is 16.7. The maximum absolute atomic E-state index is 5.87. The van der Waals surface area contributed by atoms with Gasteiger partial charge in [-0.15, -0.1) is 46.4 Å². The van der Waals surface area contributed by atoms with Crippen LogP contribution >= 0.6 is 46.4 Å². The SMILES string of the molecule is ClCCN(CCCl)c1ccc(C=N/N=C/c2ccc(N(CCCl)CCCl)cc2)cc1. The number of hydrogen-bond acceptors (Lipinski definition) is 4. The van der Waals surface area contributed by atoms with Crippen molar-refractivity contribution >= 4 is 70.2 Å². The van der Waals surface area contributed by atoms with Crippen LogP contribution < -0.4 is 9.80 Å². The van der Waals surface area contributed by atoms with Crippen LogP contribution in [0.4, 0.5) is 11.4 Å². The lowest BCUT2D eigenvalue weighted by Crippen LogP contribution is -2.27. The molecule has 0 atom stereocenters. The molecule has 0 unspecified atom stereocenters. The number of rotatable bonds is 13. The van der Waals surface area contributed by atoms with Gasteiger partial charge in [0.15, 0.2) is 0 Å². The fraction of sp³-hybridized carbons (Fsp3) is 0.364. The molecule has 0 radical (unpaired) electrons. The third kappa shape index (κ3) is 8.35. The summed E-state index contributed by atoms with van der Waals surface area (Å²) in [6.45, 7) is 3.06. The molecular weight excluding hydrogens is 462 g/mol. The Morgan fingerprint density at radius 2 is 0.833 bits per heavy atom. The molecule has 2 rings (SSSR count). The van der Waals surface area contributed by atoms with Crippen LogP contribution in [0, 0.1) is 0 Å². The fourth-order valence-corrected chi connectivity index (χ4v) is 3.71. The van der Waals surface area contributed by atoms with E-state index >= 15 is 0 Å². The van der Waals surface area contributed by atoms with Crippen molar-refractivity contribution in [3.63, 3.8) is 0 Å². The quantitative estimate of drug-likeness (QED) is 0.206. The second-order valence-corrected chi connectivity index (χ2v) is 7.91. The lowest BCUT2D eigenvalue weighted by molar-refractivity contribution is 0.874. The van der Waals surface area contributed by atoms with Gasteiger partial charge in [-0.25, -0.2) is 0 Å². The molecule has 0 aliphatic carbocycles. The first-order chi connectivity index (χ1) is 14.7. The lowest BCUT2D eigenvalue weighted by atomic mass is 10.2. The number of hydrogen-bond donors (Lipinski definition) is 0. The summed E-state index contributed by atoms with van der Waals surface area (Å²) in [6, 6.07) is 16.2. The molecular formula is C22H26Cl4N4. The zero-order chi connectivity index (χ0) is 21.6. The van der Waals surface area contributed by atoms with Crippen molar-refractivity contribution in [1.82, 2.24) is 0 Å². The first-order valence-corrected chi connectivity index (χ1v) is 11.9. The molecule has 162 valence electrons. The van der Waals surface area contributed by atoms with Gasteiger partial charge in [-0.1, -0.05) is 24.3 Å². The third-order valence-corrected chi connectivity index (χ3v) is 5.09. The monoisotopic (exact) mass is 486 g/mol. The Morgan fingerprint density at radius 3 is 1.10 bits per heavy atom. The van der Waals surface area contributed by atoms with Crippen LogP contribution in [-0.4, -0.2) is 62.1 Å². The largest absolute Gasteiger partial charge is 0.369 e. The molecule has 0 amide bonds. The summed E-state index contributed by atoms with van der Waals surface area (Å²) in [6.07, 6.45) is 3.45. The maximum atomic E-state index is 5.87. The first kappa shape index (κ1) is 24.8. The van der Waals surface area contributed by atoms with Gasteiger partial charge in [0.1, 0.15) is 0 Å². The van der Waals surface area contributed by atoms with Crippen molar-refractivity contribution in [2.24, 2.45) is 10.2 Å². The third-order valence-electron chi connectivity index (χ3n) is 4.41. The van der Waals surface area contributed by atoms with Crippen LogP contribution in [0.1, 0.15) is 11.1 Å². The summed E-state index contributed by atoms with van der Waals surface area (Å²) in [5, 5.41) is 8.29. The number of nitrogens with zero attached hydrogens (tertiary/aromatic N) is 4. The van der Waals surface area contributed by atoms with E-state index < -0.39 is 0 Å². The number of benzene rings is 2. The number of anilines is 2. The van der Waals surface area contributed by atoms with E-state index in [9.17, 15) is 0 Å². The van der Waals surface area contributed by atoms with Gasteiger partial charge in [-0.05, 0) is 35.4 Å². The van der Waals surface area contributed by atoms with E-state index in [2.05, 4.69) is 20.0 Å². The standard InChI is InChI=1S/C22H26Cl4N4/c23-9-13-29(14-10-24)21-5-1-19(2-6-21)17-27-28-18-20-3-7-22(8-4-20)30(15-11-25)16-12-26/h1-8,17-18H,9-16H2/b27-17+,28-18?. The van der Waals surface area contributed by atoms with Crippen molar-refractivity contribution in [2.45, 2.75) is 0 Å². The predicted octanol–water partition coefficient (Wildman–Crippen LogP) is 5.71. The molecule has 0 aliphatic heterocycles. The van der Waals surface area contributed by atoms with Crippen molar-refractivity contribution in [3.05, 3.63) is 59.7 Å². The van der Waals surface area contributed by atoms with E-state index in [1.165, 1.54) is 0 Å². The van der Waals surface area contributed by atoms with Crippen molar-refractivity contribution in [1.29, 1.82) is 0 Å². The Balaban J connectivity index is 1.94. The zero-order valence-corrected chi connectivity index (χ0v) is 19.8. The molecule has 0 saturated heterocycles. The predicted molar refractivity (Wildman–Crippen MR) is 135 cm³/mol. The minimum absolute atomic E-state index is 0.563. The van der Waals surface area contributed by atoms with E-state index in [-0.39, 0.29) is 0 Å². The van der Waals surface area contributed by atoms with Gasteiger partial charge in [0.2, 0.25) is 0 Å². The molecule has 4 nitrogen and oxygen atoms in total. The molecule has 2 aromatic carbocycles. The molecule has 0 saturated carbocycles. The Kier molecular flexibility index (Phi) is 12.0. The van der Waals surface area contributed by atoms with Gasteiger partial charge < -0.3 is 9.80 Å². The van der Waals surface area contributed by atoms with Crippen molar-refractivity contribution in [2.75, 3.05) is 59.5 Å². The Labute approximate surface area is 199 Å². The summed E-state index contributed by atoms with van der Waals surface area (Å²) in [7, 11) is 0. The smallest absolute Gasteiger partial charge is 0.0568 e. The van der Waals surface area contributed by atoms with E-state index in [1.807, 2.05) is 48.5 Å². The van der Waals surface area contributed by atoms with E-state index in [0.29, 0.717) is 23.5 Å². The van der Waals surface area contributed by atoms with E-state index in [1.54, 1.807) is 12.4 Å². The van der Waals surface area contributed by atoms with E-state index in [4.69, 9.17) is 46.4 Å². The average molecular weight is 488 g/mol. The molecule has 0 aromatic heterocycles. The minimum atomic E-state index is 0.563. The molecule has 0 aliphatic rings. The molecule has 0 bridgehead atoms. The van der Waals surface area contributed by atoms with Gasteiger partial charge in [0.05, 0.1) is 12.4 Å². The van der Waals surface area contributed by atoms with Gasteiger partial charge in [-0.3, -0.25) is 0 Å². The van der Waals surface area contributed by atoms with Gasteiger partial charge in [0, 0.05) is 61.1 Å². The molecule has 0 spiro atoms. The highest BCUT2D eigenvalue weighted by atomic mass is 35.5. The fourth-order valence-electron chi connectivity index (χ4n) is 2.89. The summed E-state index contributed by atoms with van der Waals surface area (Å²) >= 11 is 23.5. The summed E-state index contributed by atoms with van der Waals surface area (Å²) in [5.74, 6) is 2.25. The average Bonchev–Trinajstić information content (AvgIpc) is 2.77. The minimum Gasteiger partial charge on any atom is -0.369 e. The van der Waals surface area contributed by atoms with Gasteiger partial charge >= 0.3 is 0 Å². The van der Waals surface area contributed by atoms with Crippen molar-refractivity contribution < 1.29 is 0 Å². The van der Waals surface area contributed by atoms with E-state index in [0.717, 1.165) is 48.7 Å². The number of alkyl halides is 4. The summed E-state index contributed by atoms with van der Waals surface area (Å²) in [4.78, 5) is 4.31. The highest BCUT2D eigenvalue weighted by Crippen LogP contribution is 2.16. The second-order valence-electron chi connectivity index (χ2n) is 6.40. The van der Waals surface area contributed by atoms with Crippen molar-refractivity contribution in [3.8, 4) is 0 Å². The van der Waals surface area contributed by atoms with Crippen LogP contribution in [0.2, 0.25) is 0 Å². The molecule has 0 N–H and O–H groups in total. The van der Waals surface area contributed by atoms with Crippen LogP contribution in [-0.2, 0) is 0 Å². The summed E-state index contributed by atoms with van der Waals surface area (Å²) < 4.78 is 0. The topological polar surface area (TPSA) is 31.2 Å². The van der Waals surface area contributed by atoms with Gasteiger partial charge in [0.25, 0.3) is 0 Å². The Hall–Kier alpha value is -1.46. The van der Waals surface area contributed by atoms with Crippen LogP contribution in [0.5, 0.6) is 0 Å². The highest BCUT2D eigenvalue weighted by molar-refractivity contribution is 6.19. The second kappa shape index (κ2) is 14.5. The number of halogens is 4. The molecule has 0 heterocycles. The lowest BCUT2D eigenvalue weighted by Gasteiger charge is -2.22. The van der Waals surface area contributed by atoms with Crippen LogP contribution in [0.25, 0.3) is 0 Å². The van der Waals surface area contributed by atoms with Crippen LogP contribution in [0.3, 0.4) is 0 Å². The molecule has 0 fully saturated rings. The summed E-state index contributed by atoms with van der Waals surface area (Å²) in [5.41, 5.74) is 4.13. The Bertz CT molecular complexity index is 699. The Morgan fingerprint density at radius 1 is 0.533 bits per heavy atom. The van der Waals surface area contributed by atoms with Crippen LogP contribution in [0.15, 0.2) is 58.7 Å². The normalized spacial score (nSPS) is 11.5.